The summed E-state index contributed by atoms with van der Waals surface area (Å²) in [5, 5.41) is 0. The Kier molecular flexibility index (Phi) is 0.315. The number of carbonyl (C=O) groups is 1. The molecule has 0 aliphatic heterocycles. The van der Waals surface area contributed by atoms with Crippen molar-refractivity contribution in [2.24, 2.45) is 0 Å². The Hall–Kier alpha value is -0.400. The maximum absolute atomic E-state index is 11.2. The third kappa shape index (κ3) is 0.294. The first kappa shape index (κ1) is 2.82. The van der Waals surface area contributed by atoms with E-state index in [9.17, 15) is 9.18 Å². The molecular formula is C3H3FO. The van der Waals surface area contributed by atoms with Gasteiger partial charge in [-0.3, -0.25) is 4.79 Å². The average Bonchev–Trinajstić information content (AvgIpc) is 1.79. The lowest BCUT2D eigenvalue weighted by molar-refractivity contribution is -0.111. The van der Waals surface area contributed by atoms with Crippen LogP contribution in [0, 0.1) is 0 Å². The number of hydrogen-bond donors (Lipinski definition) is 0. The minimum absolute atomic E-state index is 0.167. The summed E-state index contributed by atoms with van der Waals surface area (Å²) < 4.78 is 11.2. The minimum atomic E-state index is -1.09. The van der Waals surface area contributed by atoms with E-state index < -0.39 is 6.17 Å². The van der Waals surface area contributed by atoms with Crippen LogP contribution in [0.2, 0.25) is 0 Å². The number of halogens is 1. The van der Waals surface area contributed by atoms with E-state index in [0.29, 0.717) is 0 Å². The average molecular weight is 73.1 g/mol. The summed E-state index contributed by atoms with van der Waals surface area (Å²) in [6.45, 7) is 0. The maximum atomic E-state index is 11.2. The molecule has 1 atom stereocenters. The first-order valence-corrected chi connectivity index (χ1v) is 1.47. The Balaban J connectivity index is 2.47. The SMILES string of the molecule is O=C1CC1[18F]. The molecule has 1 saturated carbocycles. The van der Waals surface area contributed by atoms with Gasteiger partial charge in [0.1, 0.15) is 0 Å². The molecule has 1 unspecified atom stereocenters. The van der Waals surface area contributed by atoms with Gasteiger partial charge in [-0.05, 0) is 0 Å². The van der Waals surface area contributed by atoms with Crippen LogP contribution in [0.1, 0.15) is 6.42 Å². The second-order valence-corrected chi connectivity index (χ2v) is 1.14. The van der Waals surface area contributed by atoms with E-state index in [1.807, 2.05) is 0 Å². The van der Waals surface area contributed by atoms with Crippen LogP contribution in [0.5, 0.6) is 0 Å². The fourth-order valence-electron chi connectivity index (χ4n) is 0.118. The Morgan fingerprint density at radius 3 is 2.20 bits per heavy atom. The predicted molar refractivity (Wildman–Crippen MR) is 14.5 cm³/mol. The van der Waals surface area contributed by atoms with Crippen LogP contribution in [0.3, 0.4) is 0 Å². The van der Waals surface area contributed by atoms with Crippen molar-refractivity contribution in [2.45, 2.75) is 12.6 Å². The number of rotatable bonds is 0. The molecular weight excluding hydrogens is 70.0 g/mol. The first-order valence-electron chi connectivity index (χ1n) is 1.47. The van der Waals surface area contributed by atoms with Crippen molar-refractivity contribution in [3.05, 3.63) is 0 Å². The third-order valence-electron chi connectivity index (χ3n) is 0.570. The number of hydrogen-bond acceptors (Lipinski definition) is 1. The van der Waals surface area contributed by atoms with Gasteiger partial charge in [0.2, 0.25) is 0 Å². The Bertz CT molecular complexity index is 69.3. The van der Waals surface area contributed by atoms with Crippen molar-refractivity contribution >= 4 is 5.78 Å². The third-order valence-corrected chi connectivity index (χ3v) is 0.570. The normalized spacial score (nSPS) is 34.6. The number of Topliss-reactive ketones (excluding diaryl/α,β-unsaturated/α-hetero) is 1. The topological polar surface area (TPSA) is 17.1 Å². The summed E-state index contributed by atoms with van der Waals surface area (Å²) >= 11 is 0. The lowest BCUT2D eigenvalue weighted by Gasteiger charge is -1.49. The molecule has 0 bridgehead atoms. The van der Waals surface area contributed by atoms with Crippen molar-refractivity contribution < 1.29 is 9.18 Å². The molecule has 5 heavy (non-hydrogen) atoms. The largest absolute Gasteiger partial charge is 0.296 e. The van der Waals surface area contributed by atoms with E-state index in [1.54, 1.807) is 0 Å². The highest BCUT2D eigenvalue weighted by molar-refractivity contribution is 5.98. The predicted octanol–water partition coefficient (Wildman–Crippen LogP) is 0.297. The molecule has 0 aromatic heterocycles. The standard InChI is InChI=1S/C3H3FO/c4-2-1-3(2)5/h2H,1H2/i4-1. The molecule has 2 heteroatoms. The fraction of sp³-hybridized carbons (Fsp3) is 0.667. The maximum Gasteiger partial charge on any atom is 0.170 e. The van der Waals surface area contributed by atoms with Crippen LogP contribution in [-0.2, 0) is 4.79 Å². The van der Waals surface area contributed by atoms with Gasteiger partial charge >= 0.3 is 0 Å². The first-order chi connectivity index (χ1) is 2.30. The van der Waals surface area contributed by atoms with Crippen LogP contribution < -0.4 is 0 Å². The zero-order chi connectivity index (χ0) is 3.86. The second kappa shape index (κ2) is 0.559. The zero-order valence-electron chi connectivity index (χ0n) is 2.57. The molecule has 0 spiro atoms. The Morgan fingerprint density at radius 1 is 2.00 bits per heavy atom. The molecule has 0 amide bonds. The molecule has 1 rings (SSSR count). The van der Waals surface area contributed by atoms with Crippen LogP contribution >= 0.6 is 0 Å². The zero-order valence-corrected chi connectivity index (χ0v) is 2.57. The summed E-state index contributed by atoms with van der Waals surface area (Å²) in [7, 11) is 0. The molecule has 1 nitrogen and oxygen atoms in total. The van der Waals surface area contributed by atoms with E-state index in [2.05, 4.69) is 0 Å². The molecule has 28 valence electrons. The van der Waals surface area contributed by atoms with Crippen molar-refractivity contribution in [2.75, 3.05) is 0 Å². The van der Waals surface area contributed by atoms with E-state index in [4.69, 9.17) is 0 Å². The van der Waals surface area contributed by atoms with Gasteiger partial charge in [0, 0.05) is 6.42 Å². The van der Waals surface area contributed by atoms with Gasteiger partial charge in [-0.15, -0.1) is 0 Å². The summed E-state index contributed by atoms with van der Waals surface area (Å²) in [6, 6.07) is 0. The highest BCUT2D eigenvalue weighted by Crippen LogP contribution is 2.16. The van der Waals surface area contributed by atoms with Gasteiger partial charge in [-0.2, -0.15) is 0 Å². The molecule has 0 radical (unpaired) electrons. The van der Waals surface area contributed by atoms with Crippen molar-refractivity contribution in [1.29, 1.82) is 0 Å². The number of carbonyl (C=O) groups excluding carboxylic acids is 1. The van der Waals surface area contributed by atoms with Gasteiger partial charge in [-0.25, -0.2) is 4.39 Å². The quantitative estimate of drug-likeness (QED) is 0.403. The highest BCUT2D eigenvalue weighted by atomic mass is 18.2. The fourth-order valence-corrected chi connectivity index (χ4v) is 0.118. The Labute approximate surface area is 28.8 Å². The van der Waals surface area contributed by atoms with Gasteiger partial charge in [0.25, 0.3) is 0 Å². The van der Waals surface area contributed by atoms with Gasteiger partial charge in [-0.1, -0.05) is 0 Å². The molecule has 1 fully saturated rings. The van der Waals surface area contributed by atoms with Crippen LogP contribution in [-0.4, -0.2) is 12.0 Å². The minimum Gasteiger partial charge on any atom is -0.296 e. The molecule has 0 aromatic rings. The molecule has 1 aliphatic rings. The molecule has 0 saturated heterocycles. The van der Waals surface area contributed by atoms with Gasteiger partial charge < -0.3 is 0 Å². The van der Waals surface area contributed by atoms with Crippen LogP contribution in [0.25, 0.3) is 0 Å². The van der Waals surface area contributed by atoms with E-state index in [-0.39, 0.29) is 12.2 Å². The lowest BCUT2D eigenvalue weighted by Crippen LogP contribution is -1.65. The van der Waals surface area contributed by atoms with Crippen molar-refractivity contribution in [1.82, 2.24) is 0 Å². The monoisotopic (exact) mass is 73.0 g/mol. The van der Waals surface area contributed by atoms with Crippen molar-refractivity contribution in [3.8, 4) is 0 Å². The lowest BCUT2D eigenvalue weighted by atomic mass is 10.9. The van der Waals surface area contributed by atoms with Gasteiger partial charge in [0.05, 0.1) is 0 Å². The molecule has 0 N–H and O–H groups in total. The number of ketones is 1. The van der Waals surface area contributed by atoms with E-state index >= 15 is 0 Å². The highest BCUT2D eigenvalue weighted by Gasteiger charge is 2.34. The molecule has 0 aromatic carbocycles. The number of alkyl halides is 1. The van der Waals surface area contributed by atoms with Crippen molar-refractivity contribution in [3.63, 3.8) is 0 Å². The van der Waals surface area contributed by atoms with Crippen LogP contribution in [0.15, 0.2) is 0 Å². The summed E-state index contributed by atoms with van der Waals surface area (Å²) in [4.78, 5) is 9.51. The molecule has 0 heterocycles. The molecule has 1 aliphatic carbocycles. The second-order valence-electron chi connectivity index (χ2n) is 1.14. The van der Waals surface area contributed by atoms with E-state index in [0.717, 1.165) is 0 Å². The smallest absolute Gasteiger partial charge is 0.170 e. The van der Waals surface area contributed by atoms with Crippen LogP contribution in [0.4, 0.5) is 4.39 Å². The summed E-state index contributed by atoms with van der Waals surface area (Å²) in [5.41, 5.74) is 0. The summed E-state index contributed by atoms with van der Waals surface area (Å²) in [6.07, 6.45) is -0.921. The summed E-state index contributed by atoms with van der Waals surface area (Å²) in [5.74, 6) is -0.245. The van der Waals surface area contributed by atoms with Gasteiger partial charge in [0.15, 0.2) is 12.0 Å². The Morgan fingerprint density at radius 2 is 2.20 bits per heavy atom. The van der Waals surface area contributed by atoms with E-state index in [1.165, 1.54) is 0 Å².